The summed E-state index contributed by atoms with van der Waals surface area (Å²) in [6.45, 7) is 2.05. The van der Waals surface area contributed by atoms with Crippen LogP contribution in [0.1, 0.15) is 21.6 Å². The highest BCUT2D eigenvalue weighted by Crippen LogP contribution is 2.27. The van der Waals surface area contributed by atoms with Crippen LogP contribution in [-0.4, -0.2) is 25.1 Å². The number of aromatic nitrogens is 1. The third-order valence-corrected chi connectivity index (χ3v) is 3.14. The summed E-state index contributed by atoms with van der Waals surface area (Å²) in [6.07, 6.45) is 0. The molecule has 1 amide bonds. The van der Waals surface area contributed by atoms with E-state index >= 15 is 0 Å². The first-order chi connectivity index (χ1) is 10.5. The van der Waals surface area contributed by atoms with Crippen LogP contribution in [0.4, 0.5) is 0 Å². The summed E-state index contributed by atoms with van der Waals surface area (Å²) in [5.41, 5.74) is 1.55. The lowest BCUT2D eigenvalue weighted by atomic mass is 10.2. The number of rotatable bonds is 5. The predicted molar refractivity (Wildman–Crippen MR) is 82.5 cm³/mol. The van der Waals surface area contributed by atoms with Crippen molar-refractivity contribution < 1.29 is 14.3 Å². The fourth-order valence-electron chi connectivity index (χ4n) is 2.09. The largest absolute Gasteiger partial charge is 0.493 e. The highest BCUT2D eigenvalue weighted by atomic mass is 16.5. The van der Waals surface area contributed by atoms with Gasteiger partial charge in [-0.2, -0.15) is 0 Å². The molecule has 6 nitrogen and oxygen atoms in total. The van der Waals surface area contributed by atoms with Gasteiger partial charge in [0.15, 0.2) is 11.5 Å². The van der Waals surface area contributed by atoms with E-state index < -0.39 is 0 Å². The number of ether oxygens (including phenoxy) is 2. The van der Waals surface area contributed by atoms with Crippen LogP contribution in [0.15, 0.2) is 35.1 Å². The number of aryl methyl sites for hydroxylation is 1. The monoisotopic (exact) mass is 302 g/mol. The van der Waals surface area contributed by atoms with Crippen molar-refractivity contribution in [2.45, 2.75) is 13.5 Å². The average Bonchev–Trinajstić information content (AvgIpc) is 2.51. The van der Waals surface area contributed by atoms with E-state index in [4.69, 9.17) is 9.47 Å². The lowest BCUT2D eigenvalue weighted by Gasteiger charge is -2.10. The first-order valence-electron chi connectivity index (χ1n) is 6.73. The molecule has 0 unspecified atom stereocenters. The Bertz CT molecular complexity index is 737. The van der Waals surface area contributed by atoms with E-state index in [1.165, 1.54) is 6.07 Å². The molecule has 2 N–H and O–H groups in total. The molecule has 1 heterocycles. The number of amides is 1. The van der Waals surface area contributed by atoms with Crippen molar-refractivity contribution in [1.29, 1.82) is 0 Å². The first-order valence-corrected chi connectivity index (χ1v) is 6.73. The van der Waals surface area contributed by atoms with Gasteiger partial charge in [0.1, 0.15) is 0 Å². The molecule has 0 saturated carbocycles. The molecule has 0 fully saturated rings. The van der Waals surface area contributed by atoms with E-state index in [2.05, 4.69) is 10.3 Å². The Labute approximate surface area is 128 Å². The summed E-state index contributed by atoms with van der Waals surface area (Å²) in [5, 5.41) is 2.77. The summed E-state index contributed by atoms with van der Waals surface area (Å²) in [5.74, 6) is 0.924. The van der Waals surface area contributed by atoms with Gasteiger partial charge in [0, 0.05) is 23.9 Å². The minimum Gasteiger partial charge on any atom is -0.493 e. The van der Waals surface area contributed by atoms with Gasteiger partial charge in [-0.05, 0) is 30.7 Å². The van der Waals surface area contributed by atoms with E-state index in [9.17, 15) is 9.59 Å². The van der Waals surface area contributed by atoms with Crippen LogP contribution in [-0.2, 0) is 6.54 Å². The molecule has 0 bridgehead atoms. The van der Waals surface area contributed by atoms with E-state index in [0.29, 0.717) is 29.3 Å². The number of hydrogen-bond acceptors (Lipinski definition) is 4. The maximum Gasteiger partial charge on any atom is 0.251 e. The van der Waals surface area contributed by atoms with Gasteiger partial charge in [0.2, 0.25) is 5.56 Å². The van der Waals surface area contributed by atoms with E-state index in [1.54, 1.807) is 39.3 Å². The number of aromatic amines is 1. The average molecular weight is 302 g/mol. The number of pyridine rings is 1. The van der Waals surface area contributed by atoms with Crippen molar-refractivity contribution in [3.8, 4) is 11.5 Å². The molecular weight excluding hydrogens is 284 g/mol. The molecule has 0 radical (unpaired) electrons. The predicted octanol–water partition coefficient (Wildman–Crippen LogP) is 1.63. The number of carbonyl (C=O) groups excluding carboxylic acids is 1. The second-order valence-electron chi connectivity index (χ2n) is 4.79. The Morgan fingerprint density at radius 1 is 1.14 bits per heavy atom. The van der Waals surface area contributed by atoms with Crippen LogP contribution in [0, 0.1) is 6.92 Å². The summed E-state index contributed by atoms with van der Waals surface area (Å²) in [7, 11) is 3.12. The quantitative estimate of drug-likeness (QED) is 0.879. The third-order valence-electron chi connectivity index (χ3n) is 3.14. The van der Waals surface area contributed by atoms with Crippen LogP contribution in [0.25, 0.3) is 0 Å². The Morgan fingerprint density at radius 3 is 2.50 bits per heavy atom. The Balaban J connectivity index is 2.09. The van der Waals surface area contributed by atoms with Gasteiger partial charge < -0.3 is 19.8 Å². The summed E-state index contributed by atoms with van der Waals surface area (Å²) in [6, 6.07) is 8.31. The zero-order chi connectivity index (χ0) is 16.1. The molecule has 0 saturated heterocycles. The molecule has 1 aromatic carbocycles. The lowest BCUT2D eigenvalue weighted by molar-refractivity contribution is 0.0950. The van der Waals surface area contributed by atoms with Gasteiger partial charge in [0.05, 0.1) is 14.2 Å². The first kappa shape index (κ1) is 15.6. The van der Waals surface area contributed by atoms with Crippen LogP contribution >= 0.6 is 0 Å². The molecule has 116 valence electrons. The number of hydrogen-bond donors (Lipinski definition) is 2. The fourth-order valence-corrected chi connectivity index (χ4v) is 2.09. The highest BCUT2D eigenvalue weighted by Gasteiger charge is 2.09. The number of nitrogens with one attached hydrogen (secondary N) is 2. The van der Waals surface area contributed by atoms with Crippen molar-refractivity contribution >= 4 is 5.91 Å². The molecular formula is C16H18N2O4. The standard InChI is InChI=1S/C16H18N2O4/c1-10-6-12(8-15(19)18-10)16(20)17-9-11-4-5-13(21-2)14(7-11)22-3/h4-8H,9H2,1-3H3,(H,17,20)(H,18,19). The molecule has 1 aromatic heterocycles. The molecule has 0 aliphatic carbocycles. The maximum atomic E-state index is 12.1. The number of H-pyrrole nitrogens is 1. The van der Waals surface area contributed by atoms with E-state index in [0.717, 1.165) is 5.56 Å². The van der Waals surface area contributed by atoms with Gasteiger partial charge >= 0.3 is 0 Å². The Kier molecular flexibility index (Phi) is 4.83. The Morgan fingerprint density at radius 2 is 1.86 bits per heavy atom. The number of carbonyl (C=O) groups is 1. The van der Waals surface area contributed by atoms with Crippen molar-refractivity contribution in [2.75, 3.05) is 14.2 Å². The van der Waals surface area contributed by atoms with Crippen molar-refractivity contribution in [3.63, 3.8) is 0 Å². The van der Waals surface area contributed by atoms with Crippen LogP contribution in [0.5, 0.6) is 11.5 Å². The smallest absolute Gasteiger partial charge is 0.251 e. The lowest BCUT2D eigenvalue weighted by Crippen LogP contribution is -2.24. The molecule has 2 rings (SSSR count). The SMILES string of the molecule is COc1ccc(CNC(=O)c2cc(C)[nH]c(=O)c2)cc1OC. The molecule has 6 heteroatoms. The molecule has 0 aliphatic heterocycles. The highest BCUT2D eigenvalue weighted by molar-refractivity contribution is 5.94. The van der Waals surface area contributed by atoms with Gasteiger partial charge in [-0.3, -0.25) is 9.59 Å². The zero-order valence-corrected chi connectivity index (χ0v) is 12.7. The molecule has 22 heavy (non-hydrogen) atoms. The maximum absolute atomic E-state index is 12.1. The van der Waals surface area contributed by atoms with Crippen LogP contribution < -0.4 is 20.3 Å². The van der Waals surface area contributed by atoms with E-state index in [1.807, 2.05) is 6.07 Å². The number of methoxy groups -OCH3 is 2. The van der Waals surface area contributed by atoms with Crippen LogP contribution in [0.3, 0.4) is 0 Å². The minimum atomic E-state index is -0.302. The number of benzene rings is 1. The van der Waals surface area contributed by atoms with Crippen molar-refractivity contribution in [2.24, 2.45) is 0 Å². The van der Waals surface area contributed by atoms with Crippen molar-refractivity contribution in [1.82, 2.24) is 10.3 Å². The van der Waals surface area contributed by atoms with Crippen LogP contribution in [0.2, 0.25) is 0 Å². The summed E-state index contributed by atoms with van der Waals surface area (Å²) in [4.78, 5) is 26.1. The molecule has 2 aromatic rings. The summed E-state index contributed by atoms with van der Waals surface area (Å²) >= 11 is 0. The van der Waals surface area contributed by atoms with Crippen molar-refractivity contribution in [3.05, 3.63) is 57.5 Å². The zero-order valence-electron chi connectivity index (χ0n) is 12.7. The van der Waals surface area contributed by atoms with E-state index in [-0.39, 0.29) is 11.5 Å². The van der Waals surface area contributed by atoms with Gasteiger partial charge in [-0.1, -0.05) is 6.07 Å². The van der Waals surface area contributed by atoms with Gasteiger partial charge in [-0.25, -0.2) is 0 Å². The fraction of sp³-hybridized carbons (Fsp3) is 0.250. The van der Waals surface area contributed by atoms with Gasteiger partial charge in [0.25, 0.3) is 5.91 Å². The normalized spacial score (nSPS) is 10.1. The second-order valence-corrected chi connectivity index (χ2v) is 4.79. The summed E-state index contributed by atoms with van der Waals surface area (Å²) < 4.78 is 10.4. The Hall–Kier alpha value is -2.76. The molecule has 0 aliphatic rings. The third kappa shape index (κ3) is 3.66. The minimum absolute atomic E-state index is 0.295. The molecule has 0 spiro atoms. The topological polar surface area (TPSA) is 80.4 Å². The molecule has 0 atom stereocenters. The van der Waals surface area contributed by atoms with Gasteiger partial charge in [-0.15, -0.1) is 0 Å². The second kappa shape index (κ2) is 6.80.